The maximum Gasteiger partial charge on any atom is 0.295 e. The first-order valence-electron chi connectivity index (χ1n) is 9.90. The SMILES string of the molecule is CC(C)OCCN1C(=O)C(=O)/C(=C(\O)c2cccc3ccccc23)C1c1cccs1. The van der Waals surface area contributed by atoms with Crippen molar-refractivity contribution in [2.75, 3.05) is 13.2 Å². The van der Waals surface area contributed by atoms with Gasteiger partial charge in [0.1, 0.15) is 5.76 Å². The average Bonchev–Trinajstić information content (AvgIpc) is 3.35. The summed E-state index contributed by atoms with van der Waals surface area (Å²) in [7, 11) is 0. The van der Waals surface area contributed by atoms with Crippen molar-refractivity contribution >= 4 is 39.6 Å². The van der Waals surface area contributed by atoms with Gasteiger partial charge in [0.15, 0.2) is 0 Å². The molecule has 0 bridgehead atoms. The van der Waals surface area contributed by atoms with Gasteiger partial charge in [-0.25, -0.2) is 0 Å². The summed E-state index contributed by atoms with van der Waals surface area (Å²) in [5, 5.41) is 14.9. The van der Waals surface area contributed by atoms with Crippen molar-refractivity contribution in [3.05, 3.63) is 76.0 Å². The Kier molecular flexibility index (Phi) is 5.70. The highest BCUT2D eigenvalue weighted by Gasteiger charge is 2.46. The van der Waals surface area contributed by atoms with Crippen molar-refractivity contribution in [2.45, 2.75) is 26.0 Å². The molecule has 0 saturated carbocycles. The van der Waals surface area contributed by atoms with Crippen LogP contribution in [-0.4, -0.2) is 41.0 Å². The molecule has 1 N–H and O–H groups in total. The van der Waals surface area contributed by atoms with Gasteiger partial charge >= 0.3 is 0 Å². The van der Waals surface area contributed by atoms with Crippen molar-refractivity contribution in [3.63, 3.8) is 0 Å². The van der Waals surface area contributed by atoms with E-state index in [9.17, 15) is 14.7 Å². The molecule has 154 valence electrons. The van der Waals surface area contributed by atoms with E-state index < -0.39 is 17.7 Å². The predicted molar refractivity (Wildman–Crippen MR) is 118 cm³/mol. The molecular formula is C24H23NO4S. The quantitative estimate of drug-likeness (QED) is 0.354. The molecule has 1 amide bonds. The lowest BCUT2D eigenvalue weighted by atomic mass is 9.96. The van der Waals surface area contributed by atoms with Crippen LogP contribution in [0, 0.1) is 0 Å². The fourth-order valence-electron chi connectivity index (χ4n) is 3.82. The lowest BCUT2D eigenvalue weighted by Crippen LogP contribution is -2.33. The predicted octanol–water partition coefficient (Wildman–Crippen LogP) is 4.75. The number of carbonyl (C=O) groups is 2. The van der Waals surface area contributed by atoms with E-state index in [1.165, 1.54) is 16.2 Å². The summed E-state index contributed by atoms with van der Waals surface area (Å²) >= 11 is 1.46. The number of thiophene rings is 1. The molecule has 2 aromatic carbocycles. The highest BCUT2D eigenvalue weighted by atomic mass is 32.1. The Hall–Kier alpha value is -2.96. The largest absolute Gasteiger partial charge is 0.507 e. The van der Waals surface area contributed by atoms with Crippen molar-refractivity contribution in [2.24, 2.45) is 0 Å². The summed E-state index contributed by atoms with van der Waals surface area (Å²) in [4.78, 5) is 28.2. The second-order valence-corrected chi connectivity index (χ2v) is 8.43. The van der Waals surface area contributed by atoms with Gasteiger partial charge in [-0.2, -0.15) is 0 Å². The van der Waals surface area contributed by atoms with E-state index in [-0.39, 0.29) is 24.0 Å². The van der Waals surface area contributed by atoms with E-state index in [2.05, 4.69) is 0 Å². The maximum atomic E-state index is 13.0. The number of rotatable bonds is 6. The normalized spacial score (nSPS) is 18.6. The van der Waals surface area contributed by atoms with Crippen molar-refractivity contribution < 1.29 is 19.4 Å². The molecule has 1 unspecified atom stereocenters. The molecule has 3 aromatic rings. The van der Waals surface area contributed by atoms with Crippen LogP contribution < -0.4 is 0 Å². The molecule has 1 fully saturated rings. The molecule has 1 aliphatic heterocycles. The summed E-state index contributed by atoms with van der Waals surface area (Å²) in [5.41, 5.74) is 0.675. The number of hydrogen-bond donors (Lipinski definition) is 1. The topological polar surface area (TPSA) is 66.8 Å². The van der Waals surface area contributed by atoms with Crippen molar-refractivity contribution in [1.29, 1.82) is 0 Å². The van der Waals surface area contributed by atoms with Gasteiger partial charge in [0.25, 0.3) is 11.7 Å². The van der Waals surface area contributed by atoms with Crippen molar-refractivity contribution in [1.82, 2.24) is 4.90 Å². The van der Waals surface area contributed by atoms with Gasteiger partial charge < -0.3 is 14.7 Å². The third kappa shape index (κ3) is 3.64. The van der Waals surface area contributed by atoms with Crippen LogP contribution in [0.1, 0.15) is 30.3 Å². The van der Waals surface area contributed by atoms with Crippen LogP contribution in [0.5, 0.6) is 0 Å². The van der Waals surface area contributed by atoms with E-state index >= 15 is 0 Å². The van der Waals surface area contributed by atoms with Crippen LogP contribution in [0.25, 0.3) is 16.5 Å². The Morgan fingerprint density at radius 3 is 2.60 bits per heavy atom. The van der Waals surface area contributed by atoms with E-state index in [0.717, 1.165) is 15.6 Å². The Bertz CT molecular complexity index is 1110. The van der Waals surface area contributed by atoms with Gasteiger partial charge in [-0.05, 0) is 36.1 Å². The highest BCUT2D eigenvalue weighted by molar-refractivity contribution is 7.10. The standard InChI is InChI=1S/C24H23NO4S/c1-15(2)29-13-12-25-21(19-11-6-14-30-19)20(23(27)24(25)28)22(26)18-10-5-8-16-7-3-4-9-17(16)18/h3-11,14-15,21,26H,12-13H2,1-2H3/b22-20-. The molecule has 4 rings (SSSR count). The molecule has 1 aromatic heterocycles. The summed E-state index contributed by atoms with van der Waals surface area (Å²) in [5.74, 6) is -1.42. The first-order valence-corrected chi connectivity index (χ1v) is 10.8. The van der Waals surface area contributed by atoms with Gasteiger partial charge in [0.05, 0.1) is 24.3 Å². The number of ether oxygens (including phenoxy) is 1. The number of Topliss-reactive ketones (excluding diaryl/α,β-unsaturated/α-hetero) is 1. The number of carbonyl (C=O) groups excluding carboxylic acids is 2. The van der Waals surface area contributed by atoms with Gasteiger partial charge in [-0.15, -0.1) is 11.3 Å². The number of hydrogen-bond acceptors (Lipinski definition) is 5. The second kappa shape index (κ2) is 8.42. The second-order valence-electron chi connectivity index (χ2n) is 7.45. The number of benzene rings is 2. The zero-order valence-electron chi connectivity index (χ0n) is 16.9. The minimum absolute atomic E-state index is 0.0256. The number of fused-ring (bicyclic) bond motifs is 1. The van der Waals surface area contributed by atoms with Crippen LogP contribution in [0.3, 0.4) is 0 Å². The van der Waals surface area contributed by atoms with Crippen LogP contribution in [0.2, 0.25) is 0 Å². The molecular weight excluding hydrogens is 398 g/mol. The van der Waals surface area contributed by atoms with E-state index in [0.29, 0.717) is 12.2 Å². The Labute approximate surface area is 179 Å². The van der Waals surface area contributed by atoms with Gasteiger partial charge in [0, 0.05) is 17.0 Å². The fourth-order valence-corrected chi connectivity index (χ4v) is 4.66. The summed E-state index contributed by atoms with van der Waals surface area (Å²) in [6.45, 7) is 4.44. The maximum absolute atomic E-state index is 13.0. The summed E-state index contributed by atoms with van der Waals surface area (Å²) < 4.78 is 5.61. The first kappa shape index (κ1) is 20.3. The Balaban J connectivity index is 1.83. The fraction of sp³-hybridized carbons (Fsp3) is 0.250. The van der Waals surface area contributed by atoms with E-state index in [1.54, 1.807) is 6.07 Å². The number of aliphatic hydroxyl groups excluding tert-OH is 1. The monoisotopic (exact) mass is 421 g/mol. The lowest BCUT2D eigenvalue weighted by molar-refractivity contribution is -0.140. The number of ketones is 1. The van der Waals surface area contributed by atoms with E-state index in [1.807, 2.05) is 67.8 Å². The summed E-state index contributed by atoms with van der Waals surface area (Å²) in [6, 6.07) is 16.4. The molecule has 0 radical (unpaired) electrons. The van der Waals surface area contributed by atoms with Gasteiger partial charge in [0.2, 0.25) is 0 Å². The van der Waals surface area contributed by atoms with Gasteiger partial charge in [-0.1, -0.05) is 48.5 Å². The number of nitrogens with zero attached hydrogens (tertiary/aromatic N) is 1. The highest BCUT2D eigenvalue weighted by Crippen LogP contribution is 2.41. The number of likely N-dealkylation sites (tertiary alicyclic amines) is 1. The zero-order chi connectivity index (χ0) is 21.3. The Morgan fingerprint density at radius 2 is 1.87 bits per heavy atom. The minimum Gasteiger partial charge on any atom is -0.507 e. The minimum atomic E-state index is -0.664. The molecule has 1 atom stereocenters. The third-order valence-corrected chi connectivity index (χ3v) is 6.11. The molecule has 1 aliphatic rings. The van der Waals surface area contributed by atoms with Crippen LogP contribution >= 0.6 is 11.3 Å². The van der Waals surface area contributed by atoms with Crippen LogP contribution in [0.4, 0.5) is 0 Å². The van der Waals surface area contributed by atoms with Crippen LogP contribution in [-0.2, 0) is 14.3 Å². The average molecular weight is 422 g/mol. The molecule has 2 heterocycles. The Morgan fingerprint density at radius 1 is 1.10 bits per heavy atom. The zero-order valence-corrected chi connectivity index (χ0v) is 17.7. The molecule has 1 saturated heterocycles. The van der Waals surface area contributed by atoms with Crippen molar-refractivity contribution in [3.8, 4) is 0 Å². The summed E-state index contributed by atoms with van der Waals surface area (Å²) in [6.07, 6.45) is 0.0256. The first-order chi connectivity index (χ1) is 14.5. The smallest absolute Gasteiger partial charge is 0.295 e. The molecule has 5 nitrogen and oxygen atoms in total. The van der Waals surface area contributed by atoms with Gasteiger partial charge in [-0.3, -0.25) is 9.59 Å². The van der Waals surface area contributed by atoms with E-state index in [4.69, 9.17) is 4.74 Å². The molecule has 30 heavy (non-hydrogen) atoms. The molecule has 0 spiro atoms. The molecule has 6 heteroatoms. The number of aliphatic hydroxyl groups is 1. The third-order valence-electron chi connectivity index (χ3n) is 5.18. The van der Waals surface area contributed by atoms with Crippen LogP contribution in [0.15, 0.2) is 65.6 Å². The number of amides is 1. The molecule has 0 aliphatic carbocycles. The lowest BCUT2D eigenvalue weighted by Gasteiger charge is -2.24.